The molecule has 1 aliphatic rings. The van der Waals surface area contributed by atoms with Crippen LogP contribution in [0.1, 0.15) is 38.3 Å². The molecule has 1 fully saturated rings. The van der Waals surface area contributed by atoms with Gasteiger partial charge in [0.25, 0.3) is 0 Å². The van der Waals surface area contributed by atoms with Gasteiger partial charge in [0.1, 0.15) is 6.33 Å². The Morgan fingerprint density at radius 2 is 2.22 bits per heavy atom. The van der Waals surface area contributed by atoms with Crippen LogP contribution in [-0.2, 0) is 6.54 Å². The van der Waals surface area contributed by atoms with Crippen molar-refractivity contribution < 1.29 is 0 Å². The van der Waals surface area contributed by atoms with Gasteiger partial charge in [0.2, 0.25) is 0 Å². The summed E-state index contributed by atoms with van der Waals surface area (Å²) >= 11 is 0. The molecule has 0 radical (unpaired) electrons. The summed E-state index contributed by atoms with van der Waals surface area (Å²) in [7, 11) is 0. The third kappa shape index (κ3) is 3.27. The maximum Gasteiger partial charge on any atom is 0.115 e. The van der Waals surface area contributed by atoms with Crippen molar-refractivity contribution in [1.29, 1.82) is 0 Å². The van der Waals surface area contributed by atoms with E-state index in [1.54, 1.807) is 6.33 Å². The molecule has 18 heavy (non-hydrogen) atoms. The van der Waals surface area contributed by atoms with Crippen molar-refractivity contribution in [3.63, 3.8) is 0 Å². The SMILES string of the molecule is CCN(Cc1ccncn1)C1CCCCC1CN. The normalized spacial score (nSPS) is 24.4. The third-order valence-corrected chi connectivity index (χ3v) is 4.06. The molecule has 0 bridgehead atoms. The van der Waals surface area contributed by atoms with Crippen LogP contribution in [0.5, 0.6) is 0 Å². The van der Waals surface area contributed by atoms with Gasteiger partial charge in [0, 0.05) is 18.8 Å². The second-order valence-electron chi connectivity index (χ2n) is 5.11. The quantitative estimate of drug-likeness (QED) is 0.863. The highest BCUT2D eigenvalue weighted by Gasteiger charge is 2.28. The topological polar surface area (TPSA) is 55.0 Å². The first-order valence-corrected chi connectivity index (χ1v) is 7.04. The molecule has 2 atom stereocenters. The van der Waals surface area contributed by atoms with Gasteiger partial charge >= 0.3 is 0 Å². The Bertz CT molecular complexity index is 341. The Balaban J connectivity index is 2.03. The van der Waals surface area contributed by atoms with Crippen molar-refractivity contribution in [2.75, 3.05) is 13.1 Å². The second-order valence-corrected chi connectivity index (χ2v) is 5.11. The van der Waals surface area contributed by atoms with Crippen LogP contribution < -0.4 is 5.73 Å². The highest BCUT2D eigenvalue weighted by Crippen LogP contribution is 2.28. The van der Waals surface area contributed by atoms with Gasteiger partial charge in [-0.25, -0.2) is 9.97 Å². The number of hydrogen-bond donors (Lipinski definition) is 1. The molecule has 100 valence electrons. The molecule has 1 aliphatic carbocycles. The van der Waals surface area contributed by atoms with E-state index in [1.165, 1.54) is 25.7 Å². The van der Waals surface area contributed by atoms with Gasteiger partial charge in [-0.15, -0.1) is 0 Å². The van der Waals surface area contributed by atoms with Crippen molar-refractivity contribution in [2.45, 2.75) is 45.2 Å². The lowest BCUT2D eigenvalue weighted by Crippen LogP contribution is -2.44. The molecular weight excluding hydrogens is 224 g/mol. The van der Waals surface area contributed by atoms with E-state index in [2.05, 4.69) is 21.8 Å². The van der Waals surface area contributed by atoms with Gasteiger partial charge in [0.15, 0.2) is 0 Å². The fourth-order valence-electron chi connectivity index (χ4n) is 3.03. The highest BCUT2D eigenvalue weighted by molar-refractivity contribution is 4.98. The molecule has 2 rings (SSSR count). The average Bonchev–Trinajstić information content (AvgIpc) is 2.46. The number of rotatable bonds is 5. The first-order valence-electron chi connectivity index (χ1n) is 7.04. The molecule has 1 aromatic heterocycles. The summed E-state index contributed by atoms with van der Waals surface area (Å²) < 4.78 is 0. The predicted octanol–water partition coefficient (Wildman–Crippen LogP) is 1.82. The van der Waals surface area contributed by atoms with E-state index in [4.69, 9.17) is 5.73 Å². The Morgan fingerprint density at radius 3 is 2.89 bits per heavy atom. The predicted molar refractivity (Wildman–Crippen MR) is 72.9 cm³/mol. The zero-order valence-electron chi connectivity index (χ0n) is 11.3. The van der Waals surface area contributed by atoms with Gasteiger partial charge in [-0.2, -0.15) is 0 Å². The summed E-state index contributed by atoms with van der Waals surface area (Å²) in [6, 6.07) is 2.63. The molecular formula is C14H24N4. The van der Waals surface area contributed by atoms with Gasteiger partial charge in [-0.1, -0.05) is 19.8 Å². The summed E-state index contributed by atoms with van der Waals surface area (Å²) in [4.78, 5) is 10.8. The minimum absolute atomic E-state index is 0.628. The molecule has 0 aromatic carbocycles. The Labute approximate surface area is 110 Å². The Morgan fingerprint density at radius 1 is 1.39 bits per heavy atom. The van der Waals surface area contributed by atoms with E-state index < -0.39 is 0 Å². The van der Waals surface area contributed by atoms with Crippen LogP contribution in [0.15, 0.2) is 18.6 Å². The van der Waals surface area contributed by atoms with E-state index in [-0.39, 0.29) is 0 Å². The first-order chi connectivity index (χ1) is 8.85. The van der Waals surface area contributed by atoms with Gasteiger partial charge in [-0.05, 0) is 37.9 Å². The number of nitrogens with zero attached hydrogens (tertiary/aromatic N) is 3. The summed E-state index contributed by atoms with van der Waals surface area (Å²) in [6.45, 7) is 5.01. The lowest BCUT2D eigenvalue weighted by atomic mass is 9.83. The van der Waals surface area contributed by atoms with Crippen LogP contribution in [-0.4, -0.2) is 34.0 Å². The van der Waals surface area contributed by atoms with E-state index in [0.29, 0.717) is 12.0 Å². The molecule has 2 N–H and O–H groups in total. The summed E-state index contributed by atoms with van der Waals surface area (Å²) in [5.74, 6) is 0.653. The van der Waals surface area contributed by atoms with E-state index >= 15 is 0 Å². The maximum atomic E-state index is 5.93. The maximum absolute atomic E-state index is 5.93. The molecule has 0 saturated heterocycles. The highest BCUT2D eigenvalue weighted by atomic mass is 15.2. The van der Waals surface area contributed by atoms with Gasteiger partial charge in [-0.3, -0.25) is 4.90 Å². The van der Waals surface area contributed by atoms with Gasteiger partial charge < -0.3 is 5.73 Å². The zero-order chi connectivity index (χ0) is 12.8. The first kappa shape index (κ1) is 13.4. The van der Waals surface area contributed by atoms with E-state index in [9.17, 15) is 0 Å². The van der Waals surface area contributed by atoms with Crippen LogP contribution in [0.2, 0.25) is 0 Å². The standard InChI is InChI=1S/C14H24N4/c1-2-18(10-13-7-8-16-11-17-13)14-6-4-3-5-12(14)9-15/h7-8,11-12,14H,2-6,9-10,15H2,1H3. The zero-order valence-corrected chi connectivity index (χ0v) is 11.3. The average molecular weight is 248 g/mol. The van der Waals surface area contributed by atoms with E-state index in [1.807, 2.05) is 12.3 Å². The van der Waals surface area contributed by atoms with Crippen molar-refractivity contribution in [1.82, 2.24) is 14.9 Å². The minimum atomic E-state index is 0.628. The number of hydrogen-bond acceptors (Lipinski definition) is 4. The molecule has 0 aliphatic heterocycles. The van der Waals surface area contributed by atoms with Crippen LogP contribution in [0, 0.1) is 5.92 Å². The molecule has 1 saturated carbocycles. The Kier molecular flexibility index (Phi) is 5.08. The van der Waals surface area contributed by atoms with Crippen molar-refractivity contribution in [3.05, 3.63) is 24.3 Å². The van der Waals surface area contributed by atoms with Gasteiger partial charge in [0.05, 0.1) is 5.69 Å². The van der Waals surface area contributed by atoms with Crippen LogP contribution >= 0.6 is 0 Å². The van der Waals surface area contributed by atoms with Crippen LogP contribution in [0.3, 0.4) is 0 Å². The molecule has 1 heterocycles. The molecule has 4 nitrogen and oxygen atoms in total. The smallest absolute Gasteiger partial charge is 0.115 e. The second kappa shape index (κ2) is 6.81. The molecule has 0 spiro atoms. The van der Waals surface area contributed by atoms with Crippen molar-refractivity contribution in [3.8, 4) is 0 Å². The molecule has 0 amide bonds. The Hall–Kier alpha value is -1.00. The third-order valence-electron chi connectivity index (χ3n) is 4.06. The monoisotopic (exact) mass is 248 g/mol. The largest absolute Gasteiger partial charge is 0.330 e. The fraction of sp³-hybridized carbons (Fsp3) is 0.714. The summed E-state index contributed by atoms with van der Waals surface area (Å²) in [6.07, 6.45) is 8.68. The van der Waals surface area contributed by atoms with Crippen LogP contribution in [0.4, 0.5) is 0 Å². The molecule has 4 heteroatoms. The van der Waals surface area contributed by atoms with Crippen molar-refractivity contribution >= 4 is 0 Å². The fourth-order valence-corrected chi connectivity index (χ4v) is 3.03. The summed E-state index contributed by atoms with van der Waals surface area (Å²) in [5.41, 5.74) is 7.03. The number of aromatic nitrogens is 2. The lowest BCUT2D eigenvalue weighted by molar-refractivity contribution is 0.104. The van der Waals surface area contributed by atoms with E-state index in [0.717, 1.165) is 25.3 Å². The van der Waals surface area contributed by atoms with Crippen molar-refractivity contribution in [2.24, 2.45) is 11.7 Å². The molecule has 1 aromatic rings. The minimum Gasteiger partial charge on any atom is -0.330 e. The number of nitrogens with two attached hydrogens (primary N) is 1. The summed E-state index contributed by atoms with van der Waals surface area (Å²) in [5, 5.41) is 0. The lowest BCUT2D eigenvalue weighted by Gasteiger charge is -2.39. The van der Waals surface area contributed by atoms with Crippen LogP contribution in [0.25, 0.3) is 0 Å². The molecule has 2 unspecified atom stereocenters.